The molecular formula is C12H24N2O. The third-order valence-corrected chi connectivity index (χ3v) is 3.07. The number of nitrogens with zero attached hydrogens (tertiary/aromatic N) is 1. The molecule has 1 amide bonds. The van der Waals surface area contributed by atoms with Crippen LogP contribution in [0, 0.1) is 0 Å². The minimum Gasteiger partial charge on any atom is -0.326 e. The van der Waals surface area contributed by atoms with Crippen molar-refractivity contribution in [3.63, 3.8) is 0 Å². The van der Waals surface area contributed by atoms with E-state index < -0.39 is 0 Å². The van der Waals surface area contributed by atoms with Gasteiger partial charge in [0.2, 0.25) is 5.91 Å². The summed E-state index contributed by atoms with van der Waals surface area (Å²) in [6, 6.07) is 0.0804. The Labute approximate surface area is 93.2 Å². The minimum absolute atomic E-state index is 0.0804. The van der Waals surface area contributed by atoms with Gasteiger partial charge in [0.1, 0.15) is 0 Å². The van der Waals surface area contributed by atoms with Crippen molar-refractivity contribution >= 4 is 5.91 Å². The third kappa shape index (κ3) is 2.94. The van der Waals surface area contributed by atoms with Gasteiger partial charge in [-0.15, -0.1) is 0 Å². The van der Waals surface area contributed by atoms with E-state index in [1.165, 1.54) is 0 Å². The molecule has 3 nitrogen and oxygen atoms in total. The van der Waals surface area contributed by atoms with Gasteiger partial charge in [-0.05, 0) is 19.3 Å². The molecule has 0 aromatic carbocycles. The first-order chi connectivity index (χ1) is 7.24. The number of rotatable bonds is 6. The molecule has 1 heterocycles. The Morgan fingerprint density at radius 3 is 2.53 bits per heavy atom. The molecule has 3 heteroatoms. The van der Waals surface area contributed by atoms with Crippen LogP contribution in [0.25, 0.3) is 0 Å². The normalized spacial score (nSPS) is 26.3. The van der Waals surface area contributed by atoms with E-state index in [1.807, 2.05) is 4.90 Å². The van der Waals surface area contributed by atoms with Crippen LogP contribution in [0.3, 0.4) is 0 Å². The number of hydrogen-bond donors (Lipinski definition) is 1. The van der Waals surface area contributed by atoms with E-state index in [4.69, 9.17) is 0 Å². The second-order valence-electron chi connectivity index (χ2n) is 4.32. The predicted molar refractivity (Wildman–Crippen MR) is 62.5 cm³/mol. The highest BCUT2D eigenvalue weighted by Gasteiger charge is 2.36. The molecule has 0 saturated carbocycles. The first-order valence-electron chi connectivity index (χ1n) is 6.31. The van der Waals surface area contributed by atoms with Gasteiger partial charge in [0.25, 0.3) is 0 Å². The molecule has 1 aliphatic heterocycles. The molecule has 88 valence electrons. The van der Waals surface area contributed by atoms with Crippen molar-refractivity contribution in [1.29, 1.82) is 0 Å². The summed E-state index contributed by atoms with van der Waals surface area (Å²) in [5, 5.41) is 3.43. The Kier molecular flexibility index (Phi) is 5.09. The topological polar surface area (TPSA) is 32.3 Å². The fraction of sp³-hybridized carbons (Fsp3) is 0.917. The maximum atomic E-state index is 12.0. The van der Waals surface area contributed by atoms with Gasteiger partial charge in [0, 0.05) is 6.54 Å². The summed E-state index contributed by atoms with van der Waals surface area (Å²) >= 11 is 0. The lowest BCUT2D eigenvalue weighted by atomic mass is 10.1. The van der Waals surface area contributed by atoms with Crippen molar-refractivity contribution in [1.82, 2.24) is 10.2 Å². The average molecular weight is 212 g/mol. The molecule has 0 radical (unpaired) electrons. The fourth-order valence-corrected chi connectivity index (χ4v) is 2.18. The highest BCUT2D eigenvalue weighted by Crippen LogP contribution is 2.17. The molecule has 0 aromatic heterocycles. The first-order valence-corrected chi connectivity index (χ1v) is 6.31. The zero-order valence-corrected chi connectivity index (χ0v) is 10.3. The zero-order valence-electron chi connectivity index (χ0n) is 10.3. The summed E-state index contributed by atoms with van der Waals surface area (Å²) in [6.45, 7) is 7.35. The predicted octanol–water partition coefficient (Wildman–Crippen LogP) is 2.12. The second kappa shape index (κ2) is 6.11. The molecular weight excluding hydrogens is 188 g/mol. The van der Waals surface area contributed by atoms with Crippen LogP contribution in [-0.2, 0) is 4.79 Å². The number of hydrogen-bond acceptors (Lipinski definition) is 2. The van der Waals surface area contributed by atoms with Crippen molar-refractivity contribution in [3.8, 4) is 0 Å². The van der Waals surface area contributed by atoms with Gasteiger partial charge in [0.05, 0.1) is 12.2 Å². The van der Waals surface area contributed by atoms with E-state index in [2.05, 4.69) is 26.1 Å². The quantitative estimate of drug-likeness (QED) is 0.731. The largest absolute Gasteiger partial charge is 0.326 e. The van der Waals surface area contributed by atoms with Crippen LogP contribution in [0.4, 0.5) is 0 Å². The lowest BCUT2D eigenvalue weighted by Gasteiger charge is -2.22. The molecule has 0 bridgehead atoms. The Bertz CT molecular complexity index is 206. The van der Waals surface area contributed by atoms with Crippen molar-refractivity contribution in [2.24, 2.45) is 0 Å². The fourth-order valence-electron chi connectivity index (χ4n) is 2.18. The molecule has 0 spiro atoms. The lowest BCUT2D eigenvalue weighted by Crippen LogP contribution is -2.37. The minimum atomic E-state index is 0.0804. The van der Waals surface area contributed by atoms with E-state index in [9.17, 15) is 4.79 Å². The molecule has 1 saturated heterocycles. The monoisotopic (exact) mass is 212 g/mol. The van der Waals surface area contributed by atoms with E-state index in [0.29, 0.717) is 5.91 Å². The van der Waals surface area contributed by atoms with Crippen molar-refractivity contribution in [2.75, 3.05) is 6.54 Å². The highest BCUT2D eigenvalue weighted by atomic mass is 16.2. The Morgan fingerprint density at radius 2 is 2.00 bits per heavy atom. The number of carbonyl (C=O) groups excluding carboxylic acids is 1. The Balaban J connectivity index is 2.55. The average Bonchev–Trinajstić information content (AvgIpc) is 2.54. The van der Waals surface area contributed by atoms with Crippen LogP contribution in [0.5, 0.6) is 0 Å². The number of nitrogens with one attached hydrogen (secondary N) is 1. The summed E-state index contributed by atoms with van der Waals surface area (Å²) in [6.07, 6.45) is 5.59. The Hall–Kier alpha value is -0.570. The Morgan fingerprint density at radius 1 is 1.27 bits per heavy atom. The van der Waals surface area contributed by atoms with E-state index in [-0.39, 0.29) is 12.2 Å². The van der Waals surface area contributed by atoms with Crippen molar-refractivity contribution in [3.05, 3.63) is 0 Å². The summed E-state index contributed by atoms with van der Waals surface area (Å²) in [5.74, 6) is 0.317. The van der Waals surface area contributed by atoms with Gasteiger partial charge in [-0.25, -0.2) is 0 Å². The molecule has 1 fully saturated rings. The first kappa shape index (κ1) is 12.5. The SMILES string of the molecule is CCCCN1C(=O)C(CCC)NC1CC. The maximum absolute atomic E-state index is 12.0. The van der Waals surface area contributed by atoms with Gasteiger partial charge < -0.3 is 4.90 Å². The van der Waals surface area contributed by atoms with Gasteiger partial charge in [-0.3, -0.25) is 10.1 Å². The third-order valence-electron chi connectivity index (χ3n) is 3.07. The molecule has 15 heavy (non-hydrogen) atoms. The standard InChI is InChI=1S/C12H24N2O/c1-4-7-9-14-11(6-3)13-10(8-5-2)12(14)15/h10-11,13H,4-9H2,1-3H3. The summed E-state index contributed by atoms with van der Waals surface area (Å²) in [5.41, 5.74) is 0. The van der Waals surface area contributed by atoms with Gasteiger partial charge in [-0.2, -0.15) is 0 Å². The van der Waals surface area contributed by atoms with Crippen molar-refractivity contribution < 1.29 is 4.79 Å². The second-order valence-corrected chi connectivity index (χ2v) is 4.32. The molecule has 0 aliphatic carbocycles. The van der Waals surface area contributed by atoms with Crippen LogP contribution < -0.4 is 5.32 Å². The van der Waals surface area contributed by atoms with E-state index in [1.54, 1.807) is 0 Å². The van der Waals surface area contributed by atoms with Crippen molar-refractivity contribution in [2.45, 2.75) is 65.1 Å². The van der Waals surface area contributed by atoms with E-state index in [0.717, 1.165) is 38.6 Å². The van der Waals surface area contributed by atoms with Crippen LogP contribution in [0.1, 0.15) is 52.9 Å². The van der Waals surface area contributed by atoms with Gasteiger partial charge in [0.15, 0.2) is 0 Å². The summed E-state index contributed by atoms with van der Waals surface area (Å²) in [4.78, 5) is 14.1. The summed E-state index contributed by atoms with van der Waals surface area (Å²) in [7, 11) is 0. The smallest absolute Gasteiger partial charge is 0.241 e. The maximum Gasteiger partial charge on any atom is 0.241 e. The number of amides is 1. The highest BCUT2D eigenvalue weighted by molar-refractivity contribution is 5.84. The molecule has 1 N–H and O–H groups in total. The van der Waals surface area contributed by atoms with Crippen LogP contribution in [0.15, 0.2) is 0 Å². The summed E-state index contributed by atoms with van der Waals surface area (Å²) < 4.78 is 0. The van der Waals surface area contributed by atoms with Crippen LogP contribution >= 0.6 is 0 Å². The molecule has 2 atom stereocenters. The van der Waals surface area contributed by atoms with E-state index >= 15 is 0 Å². The van der Waals surface area contributed by atoms with Crippen LogP contribution in [-0.4, -0.2) is 29.6 Å². The molecule has 1 rings (SSSR count). The zero-order chi connectivity index (χ0) is 11.3. The number of unbranched alkanes of at least 4 members (excludes halogenated alkanes) is 1. The molecule has 1 aliphatic rings. The van der Waals surface area contributed by atoms with Gasteiger partial charge >= 0.3 is 0 Å². The molecule has 0 aromatic rings. The lowest BCUT2D eigenvalue weighted by molar-refractivity contribution is -0.130. The molecule has 2 unspecified atom stereocenters. The number of carbonyl (C=O) groups is 1. The van der Waals surface area contributed by atoms with Gasteiger partial charge in [-0.1, -0.05) is 33.6 Å². The van der Waals surface area contributed by atoms with Crippen LogP contribution in [0.2, 0.25) is 0 Å².